The van der Waals surface area contributed by atoms with Crippen LogP contribution in [0.5, 0.6) is 11.5 Å². The van der Waals surface area contributed by atoms with E-state index in [0.29, 0.717) is 27.9 Å². The van der Waals surface area contributed by atoms with Crippen LogP contribution in [0.4, 0.5) is 5.69 Å². The molecule has 1 heterocycles. The number of anilines is 1. The van der Waals surface area contributed by atoms with Crippen LogP contribution in [0.15, 0.2) is 36.5 Å². The zero-order valence-electron chi connectivity index (χ0n) is 12.7. The lowest BCUT2D eigenvalue weighted by molar-refractivity contribution is 0.0914. The van der Waals surface area contributed by atoms with Gasteiger partial charge in [0.2, 0.25) is 0 Å². The monoisotopic (exact) mass is 319 g/mol. The highest BCUT2D eigenvalue weighted by Crippen LogP contribution is 2.30. The standard InChI is InChI=1S/C16H18ClN3O2/c1-16(2,3)20-15(21)13-6-5-11(9-19-13)22-14-7-4-10(18)8-12(14)17/h4-9H,18H2,1-3H3,(H,20,21). The van der Waals surface area contributed by atoms with Gasteiger partial charge in [0.1, 0.15) is 17.2 Å². The molecule has 1 aromatic carbocycles. The Morgan fingerprint density at radius 3 is 2.55 bits per heavy atom. The number of pyridine rings is 1. The smallest absolute Gasteiger partial charge is 0.270 e. The Kier molecular flexibility index (Phi) is 4.56. The van der Waals surface area contributed by atoms with Crippen LogP contribution in [0.25, 0.3) is 0 Å². The number of amides is 1. The summed E-state index contributed by atoms with van der Waals surface area (Å²) in [6.07, 6.45) is 1.48. The van der Waals surface area contributed by atoms with E-state index in [0.717, 1.165) is 0 Å². The van der Waals surface area contributed by atoms with Crippen LogP contribution < -0.4 is 15.8 Å². The number of nitrogen functional groups attached to an aromatic ring is 1. The molecule has 0 aliphatic heterocycles. The fraction of sp³-hybridized carbons (Fsp3) is 0.250. The van der Waals surface area contributed by atoms with Crippen LogP contribution in [0.1, 0.15) is 31.3 Å². The first-order valence-electron chi connectivity index (χ1n) is 6.76. The third-order valence-electron chi connectivity index (χ3n) is 2.64. The topological polar surface area (TPSA) is 77.2 Å². The Balaban J connectivity index is 2.10. The molecule has 6 heteroatoms. The van der Waals surface area contributed by atoms with Crippen molar-refractivity contribution < 1.29 is 9.53 Å². The lowest BCUT2D eigenvalue weighted by atomic mass is 10.1. The Hall–Kier alpha value is -2.27. The van der Waals surface area contributed by atoms with Crippen molar-refractivity contribution in [3.63, 3.8) is 0 Å². The summed E-state index contributed by atoms with van der Waals surface area (Å²) in [6.45, 7) is 5.72. The van der Waals surface area contributed by atoms with Crippen molar-refractivity contribution in [3.8, 4) is 11.5 Å². The molecule has 2 aromatic rings. The molecular weight excluding hydrogens is 302 g/mol. The molecule has 2 rings (SSSR count). The molecule has 0 bridgehead atoms. The van der Waals surface area contributed by atoms with Gasteiger partial charge in [-0.15, -0.1) is 0 Å². The predicted octanol–water partition coefficient (Wildman–Crippen LogP) is 3.64. The van der Waals surface area contributed by atoms with Crippen LogP contribution in [-0.4, -0.2) is 16.4 Å². The van der Waals surface area contributed by atoms with Gasteiger partial charge in [-0.1, -0.05) is 11.6 Å². The van der Waals surface area contributed by atoms with Crippen molar-refractivity contribution in [1.29, 1.82) is 0 Å². The second-order valence-electron chi connectivity index (χ2n) is 5.88. The molecule has 0 fully saturated rings. The van der Waals surface area contributed by atoms with E-state index in [2.05, 4.69) is 10.3 Å². The van der Waals surface area contributed by atoms with E-state index < -0.39 is 0 Å². The summed E-state index contributed by atoms with van der Waals surface area (Å²) >= 11 is 6.04. The van der Waals surface area contributed by atoms with Gasteiger partial charge in [0.05, 0.1) is 11.2 Å². The Morgan fingerprint density at radius 2 is 2.00 bits per heavy atom. The molecule has 116 valence electrons. The van der Waals surface area contributed by atoms with Gasteiger partial charge < -0.3 is 15.8 Å². The first-order chi connectivity index (χ1) is 10.2. The second kappa shape index (κ2) is 6.23. The largest absolute Gasteiger partial charge is 0.454 e. The number of carbonyl (C=O) groups excluding carboxylic acids is 1. The number of benzene rings is 1. The fourth-order valence-corrected chi connectivity index (χ4v) is 1.93. The van der Waals surface area contributed by atoms with Crippen molar-refractivity contribution in [3.05, 3.63) is 47.2 Å². The first-order valence-corrected chi connectivity index (χ1v) is 7.14. The lowest BCUT2D eigenvalue weighted by Gasteiger charge is -2.20. The molecule has 1 aromatic heterocycles. The number of ether oxygens (including phenoxy) is 1. The summed E-state index contributed by atoms with van der Waals surface area (Å²) in [5, 5.41) is 3.25. The molecule has 5 nitrogen and oxygen atoms in total. The summed E-state index contributed by atoms with van der Waals surface area (Å²) in [6, 6.07) is 8.24. The molecule has 0 spiro atoms. The van der Waals surface area contributed by atoms with Crippen molar-refractivity contribution in [2.24, 2.45) is 0 Å². The number of carbonyl (C=O) groups is 1. The van der Waals surface area contributed by atoms with E-state index in [1.165, 1.54) is 6.20 Å². The number of nitrogens with one attached hydrogen (secondary N) is 1. The first kappa shape index (κ1) is 16.1. The second-order valence-corrected chi connectivity index (χ2v) is 6.28. The summed E-state index contributed by atoms with van der Waals surface area (Å²) in [7, 11) is 0. The van der Waals surface area contributed by atoms with Crippen molar-refractivity contribution in [2.45, 2.75) is 26.3 Å². The van der Waals surface area contributed by atoms with Crippen LogP contribution in [-0.2, 0) is 0 Å². The van der Waals surface area contributed by atoms with Crippen molar-refractivity contribution in [2.75, 3.05) is 5.73 Å². The molecule has 1 amide bonds. The summed E-state index contributed by atoms with van der Waals surface area (Å²) in [4.78, 5) is 16.1. The number of nitrogens with zero attached hydrogens (tertiary/aromatic N) is 1. The summed E-state index contributed by atoms with van der Waals surface area (Å²) in [5.41, 5.74) is 6.20. The average molecular weight is 320 g/mol. The zero-order chi connectivity index (χ0) is 16.3. The Labute approximate surface area is 134 Å². The lowest BCUT2D eigenvalue weighted by Crippen LogP contribution is -2.40. The highest BCUT2D eigenvalue weighted by molar-refractivity contribution is 6.32. The predicted molar refractivity (Wildman–Crippen MR) is 87.4 cm³/mol. The van der Waals surface area contributed by atoms with Crippen LogP contribution in [0.3, 0.4) is 0 Å². The molecule has 0 unspecified atom stereocenters. The van der Waals surface area contributed by atoms with Gasteiger partial charge in [-0.05, 0) is 51.1 Å². The summed E-state index contributed by atoms with van der Waals surface area (Å²) in [5.74, 6) is 0.730. The van der Waals surface area contributed by atoms with Gasteiger partial charge in [-0.25, -0.2) is 4.98 Å². The van der Waals surface area contributed by atoms with Gasteiger partial charge in [0, 0.05) is 11.2 Å². The third kappa shape index (κ3) is 4.36. The third-order valence-corrected chi connectivity index (χ3v) is 2.94. The maximum Gasteiger partial charge on any atom is 0.270 e. The summed E-state index contributed by atoms with van der Waals surface area (Å²) < 4.78 is 5.62. The SMILES string of the molecule is CC(C)(C)NC(=O)c1ccc(Oc2ccc(N)cc2Cl)cn1. The number of hydrogen-bond acceptors (Lipinski definition) is 4. The minimum atomic E-state index is -0.314. The number of aromatic nitrogens is 1. The maximum atomic E-state index is 12.0. The highest BCUT2D eigenvalue weighted by Gasteiger charge is 2.16. The normalized spacial score (nSPS) is 11.1. The average Bonchev–Trinajstić information content (AvgIpc) is 2.41. The van der Waals surface area contributed by atoms with Crippen molar-refractivity contribution >= 4 is 23.2 Å². The number of hydrogen-bond donors (Lipinski definition) is 2. The Morgan fingerprint density at radius 1 is 1.27 bits per heavy atom. The van der Waals surface area contributed by atoms with Gasteiger partial charge in [0.15, 0.2) is 0 Å². The van der Waals surface area contributed by atoms with Crippen LogP contribution in [0.2, 0.25) is 5.02 Å². The van der Waals surface area contributed by atoms with E-state index in [4.69, 9.17) is 22.1 Å². The zero-order valence-corrected chi connectivity index (χ0v) is 13.4. The minimum absolute atomic E-state index is 0.232. The van der Waals surface area contributed by atoms with Crippen molar-refractivity contribution in [1.82, 2.24) is 10.3 Å². The van der Waals surface area contributed by atoms with E-state index in [1.807, 2.05) is 20.8 Å². The quantitative estimate of drug-likeness (QED) is 0.847. The van der Waals surface area contributed by atoms with Gasteiger partial charge in [-0.3, -0.25) is 4.79 Å². The molecular formula is C16H18ClN3O2. The molecule has 0 atom stereocenters. The fourth-order valence-electron chi connectivity index (χ4n) is 1.71. The van der Waals surface area contributed by atoms with E-state index in [1.54, 1.807) is 30.3 Å². The number of halogens is 1. The number of rotatable bonds is 3. The van der Waals surface area contributed by atoms with E-state index in [-0.39, 0.29) is 11.4 Å². The van der Waals surface area contributed by atoms with Gasteiger partial charge >= 0.3 is 0 Å². The maximum absolute atomic E-state index is 12.0. The molecule has 0 aliphatic carbocycles. The van der Waals surface area contributed by atoms with E-state index >= 15 is 0 Å². The van der Waals surface area contributed by atoms with Gasteiger partial charge in [0.25, 0.3) is 5.91 Å². The van der Waals surface area contributed by atoms with E-state index in [9.17, 15) is 4.79 Å². The van der Waals surface area contributed by atoms with Crippen LogP contribution in [0, 0.1) is 0 Å². The Bertz CT molecular complexity index is 679. The minimum Gasteiger partial charge on any atom is -0.454 e. The molecule has 0 radical (unpaired) electrons. The molecule has 0 saturated heterocycles. The molecule has 22 heavy (non-hydrogen) atoms. The van der Waals surface area contributed by atoms with Crippen LogP contribution >= 0.6 is 11.6 Å². The molecule has 0 aliphatic rings. The van der Waals surface area contributed by atoms with Gasteiger partial charge in [-0.2, -0.15) is 0 Å². The molecule has 0 saturated carbocycles. The highest BCUT2D eigenvalue weighted by atomic mass is 35.5. The molecule has 3 N–H and O–H groups in total. The number of nitrogens with two attached hydrogens (primary N) is 1.